The Morgan fingerprint density at radius 3 is 2.15 bits per heavy atom. The normalized spacial score (nSPS) is 18.2. The lowest BCUT2D eigenvalue weighted by atomic mass is 9.85. The zero-order chi connectivity index (χ0) is 29.3. The average Bonchev–Trinajstić information content (AvgIpc) is 2.84. The number of rotatable bonds is 13. The standard InChI is InChI=1S/C33H49NO5/c1-21(2)12-9-13-22(3)14-10-15-23(4)16-11-18-33(8)19-17-27-26(7)30(24(5)25(6)31(27)39-33)38-32(37)28(34)20-29(35)36/h12,14,16,28H,9-11,13,15,17-20,34H2,1-8H3,(H,35,36)/b22-14+,23-16+. The Balaban J connectivity index is 2.01. The first kappa shape index (κ1) is 32.4. The monoisotopic (exact) mass is 539 g/mol. The van der Waals surface area contributed by atoms with Crippen LogP contribution in [-0.2, 0) is 16.0 Å². The van der Waals surface area contributed by atoms with Crippen LogP contribution in [0.4, 0.5) is 0 Å². The second-order valence-electron chi connectivity index (χ2n) is 11.7. The molecule has 2 atom stereocenters. The fourth-order valence-corrected chi connectivity index (χ4v) is 5.02. The quantitative estimate of drug-likeness (QED) is 0.152. The summed E-state index contributed by atoms with van der Waals surface area (Å²) in [7, 11) is 0. The molecule has 0 bridgehead atoms. The van der Waals surface area contributed by atoms with E-state index in [1.165, 1.54) is 16.7 Å². The van der Waals surface area contributed by atoms with E-state index in [4.69, 9.17) is 20.3 Å². The van der Waals surface area contributed by atoms with Crippen LogP contribution < -0.4 is 15.2 Å². The van der Waals surface area contributed by atoms with Gasteiger partial charge in [-0.1, -0.05) is 34.9 Å². The van der Waals surface area contributed by atoms with Crippen LogP contribution >= 0.6 is 0 Å². The largest absolute Gasteiger partial charge is 0.487 e. The van der Waals surface area contributed by atoms with Crippen molar-refractivity contribution in [2.75, 3.05) is 0 Å². The molecule has 3 N–H and O–H groups in total. The average molecular weight is 540 g/mol. The molecular formula is C33H49NO5. The van der Waals surface area contributed by atoms with Crippen LogP contribution in [0.25, 0.3) is 0 Å². The van der Waals surface area contributed by atoms with E-state index in [1.807, 2.05) is 20.8 Å². The number of carbonyl (C=O) groups is 2. The molecule has 0 aliphatic carbocycles. The van der Waals surface area contributed by atoms with Gasteiger partial charge < -0.3 is 20.3 Å². The second kappa shape index (κ2) is 14.5. The minimum absolute atomic E-state index is 0.267. The van der Waals surface area contributed by atoms with Crippen molar-refractivity contribution in [1.82, 2.24) is 0 Å². The number of ether oxygens (including phenoxy) is 2. The van der Waals surface area contributed by atoms with E-state index < -0.39 is 24.4 Å². The van der Waals surface area contributed by atoms with Gasteiger partial charge in [0.25, 0.3) is 0 Å². The highest BCUT2D eigenvalue weighted by Crippen LogP contribution is 2.45. The van der Waals surface area contributed by atoms with Crippen molar-refractivity contribution in [3.05, 3.63) is 57.2 Å². The maximum Gasteiger partial charge on any atom is 0.328 e. The Morgan fingerprint density at radius 2 is 1.56 bits per heavy atom. The fourth-order valence-electron chi connectivity index (χ4n) is 5.02. The Kier molecular flexibility index (Phi) is 12.0. The lowest BCUT2D eigenvalue weighted by Crippen LogP contribution is -2.38. The third-order valence-electron chi connectivity index (χ3n) is 7.75. The third-order valence-corrected chi connectivity index (χ3v) is 7.75. The summed E-state index contributed by atoms with van der Waals surface area (Å²) in [6, 6.07) is -1.21. The van der Waals surface area contributed by atoms with Crippen molar-refractivity contribution in [2.24, 2.45) is 5.73 Å². The molecule has 6 heteroatoms. The number of benzene rings is 1. The Bertz CT molecular complexity index is 1140. The number of hydrogen-bond donors (Lipinski definition) is 2. The highest BCUT2D eigenvalue weighted by molar-refractivity contribution is 5.84. The van der Waals surface area contributed by atoms with Crippen molar-refractivity contribution in [3.8, 4) is 11.5 Å². The second-order valence-corrected chi connectivity index (χ2v) is 11.7. The molecule has 2 unspecified atom stereocenters. The predicted molar refractivity (Wildman–Crippen MR) is 159 cm³/mol. The lowest BCUT2D eigenvalue weighted by molar-refractivity contribution is -0.143. The van der Waals surface area contributed by atoms with Crippen molar-refractivity contribution in [1.29, 1.82) is 0 Å². The molecule has 0 saturated heterocycles. The molecule has 0 saturated carbocycles. The van der Waals surface area contributed by atoms with Gasteiger partial charge in [-0.3, -0.25) is 4.79 Å². The number of esters is 1. The summed E-state index contributed by atoms with van der Waals surface area (Å²) >= 11 is 0. The molecule has 1 heterocycles. The number of allylic oxidation sites excluding steroid dienone is 6. The smallest absolute Gasteiger partial charge is 0.328 e. The van der Waals surface area contributed by atoms with Gasteiger partial charge in [-0.15, -0.1) is 0 Å². The Morgan fingerprint density at radius 1 is 0.974 bits per heavy atom. The first-order valence-electron chi connectivity index (χ1n) is 14.2. The molecule has 1 aliphatic heterocycles. The molecular weight excluding hydrogens is 490 g/mol. The van der Waals surface area contributed by atoms with Gasteiger partial charge in [0.2, 0.25) is 0 Å². The van der Waals surface area contributed by atoms with E-state index in [1.54, 1.807) is 0 Å². The molecule has 1 aromatic carbocycles. The van der Waals surface area contributed by atoms with E-state index in [0.717, 1.165) is 79.4 Å². The van der Waals surface area contributed by atoms with Crippen molar-refractivity contribution in [3.63, 3.8) is 0 Å². The van der Waals surface area contributed by atoms with Gasteiger partial charge in [-0.05, 0) is 123 Å². The fraction of sp³-hybridized carbons (Fsp3) is 0.576. The van der Waals surface area contributed by atoms with Crippen LogP contribution in [0, 0.1) is 20.8 Å². The molecule has 0 fully saturated rings. The molecule has 1 aromatic rings. The number of carbonyl (C=O) groups excluding carboxylic acids is 1. The molecule has 6 nitrogen and oxygen atoms in total. The van der Waals surface area contributed by atoms with E-state index >= 15 is 0 Å². The van der Waals surface area contributed by atoms with Gasteiger partial charge in [0.05, 0.1) is 6.42 Å². The van der Waals surface area contributed by atoms with Gasteiger partial charge in [0.1, 0.15) is 23.1 Å². The molecule has 0 amide bonds. The Labute approximate surface area is 235 Å². The molecule has 0 spiro atoms. The summed E-state index contributed by atoms with van der Waals surface area (Å²) in [5, 5.41) is 8.94. The summed E-state index contributed by atoms with van der Waals surface area (Å²) in [5.41, 5.74) is 13.4. The first-order chi connectivity index (χ1) is 18.2. The van der Waals surface area contributed by atoms with Gasteiger partial charge in [-0.25, -0.2) is 4.79 Å². The number of carboxylic acid groups (broad SMARTS) is 1. The van der Waals surface area contributed by atoms with E-state index in [2.05, 4.69) is 52.8 Å². The number of hydrogen-bond acceptors (Lipinski definition) is 5. The molecule has 0 radical (unpaired) electrons. The van der Waals surface area contributed by atoms with Gasteiger partial charge in [0.15, 0.2) is 0 Å². The van der Waals surface area contributed by atoms with Crippen LogP contribution in [0.15, 0.2) is 34.9 Å². The van der Waals surface area contributed by atoms with Gasteiger partial charge >= 0.3 is 11.9 Å². The van der Waals surface area contributed by atoms with Crippen molar-refractivity contribution < 1.29 is 24.2 Å². The number of nitrogens with two attached hydrogens (primary N) is 1. The predicted octanol–water partition coefficient (Wildman–Crippen LogP) is 7.60. The summed E-state index contributed by atoms with van der Waals surface area (Å²) in [5.74, 6) is -0.530. The highest BCUT2D eigenvalue weighted by Gasteiger charge is 2.35. The zero-order valence-electron chi connectivity index (χ0n) is 25.3. The van der Waals surface area contributed by atoms with E-state index in [0.29, 0.717) is 5.75 Å². The highest BCUT2D eigenvalue weighted by atomic mass is 16.5. The van der Waals surface area contributed by atoms with Crippen molar-refractivity contribution in [2.45, 2.75) is 125 Å². The molecule has 1 aliphatic rings. The van der Waals surface area contributed by atoms with Gasteiger partial charge in [0, 0.05) is 5.56 Å². The number of aliphatic carboxylic acids is 1. The lowest BCUT2D eigenvalue weighted by Gasteiger charge is -2.38. The molecule has 0 aromatic heterocycles. The van der Waals surface area contributed by atoms with E-state index in [9.17, 15) is 9.59 Å². The van der Waals surface area contributed by atoms with Gasteiger partial charge in [-0.2, -0.15) is 0 Å². The first-order valence-corrected chi connectivity index (χ1v) is 14.2. The molecule has 2 rings (SSSR count). The van der Waals surface area contributed by atoms with E-state index in [-0.39, 0.29) is 5.60 Å². The summed E-state index contributed by atoms with van der Waals surface area (Å²) in [4.78, 5) is 23.3. The molecule has 39 heavy (non-hydrogen) atoms. The number of fused-ring (bicyclic) bond motifs is 1. The third kappa shape index (κ3) is 9.68. The van der Waals surface area contributed by atoms with Crippen LogP contribution in [-0.4, -0.2) is 28.7 Å². The maximum absolute atomic E-state index is 12.4. The van der Waals surface area contributed by atoms with Crippen LogP contribution in [0.3, 0.4) is 0 Å². The summed E-state index contributed by atoms with van der Waals surface area (Å²) in [6.45, 7) is 16.7. The van der Waals surface area contributed by atoms with Crippen LogP contribution in [0.1, 0.15) is 108 Å². The van der Waals surface area contributed by atoms with Crippen LogP contribution in [0.5, 0.6) is 11.5 Å². The molecule has 216 valence electrons. The number of carboxylic acids is 1. The minimum Gasteiger partial charge on any atom is -0.487 e. The maximum atomic E-state index is 12.4. The minimum atomic E-state index is -1.21. The summed E-state index contributed by atoms with van der Waals surface area (Å²) < 4.78 is 12.2. The SMILES string of the molecule is CC(C)=CCC/C(C)=C/CC/C(C)=C/CCC1(C)CCc2c(C)c(OC(=O)C(N)CC(=O)O)c(C)c(C)c2O1. The summed E-state index contributed by atoms with van der Waals surface area (Å²) in [6.07, 6.45) is 14.6. The van der Waals surface area contributed by atoms with Crippen LogP contribution in [0.2, 0.25) is 0 Å². The topological polar surface area (TPSA) is 98.9 Å². The zero-order valence-corrected chi connectivity index (χ0v) is 25.3. The van der Waals surface area contributed by atoms with Crippen molar-refractivity contribution >= 4 is 11.9 Å². The Hall–Kier alpha value is -2.86.